The van der Waals surface area contributed by atoms with E-state index in [0.717, 1.165) is 5.06 Å². The van der Waals surface area contributed by atoms with E-state index in [0.29, 0.717) is 6.41 Å². The summed E-state index contributed by atoms with van der Waals surface area (Å²) in [7, 11) is 1.79. The van der Waals surface area contributed by atoms with Crippen LogP contribution >= 0.6 is 12.3 Å². The van der Waals surface area contributed by atoms with Crippen molar-refractivity contribution < 1.29 is 13.6 Å². The number of carbonyl (C=O) groups is 1. The first-order valence-electron chi connectivity index (χ1n) is 3.90. The van der Waals surface area contributed by atoms with Crippen LogP contribution in [-0.4, -0.2) is 34.7 Å². The topological polar surface area (TPSA) is 61.8 Å². The van der Waals surface area contributed by atoms with Crippen molar-refractivity contribution in [2.75, 3.05) is 7.05 Å². The minimum absolute atomic E-state index is 0.0462. The van der Waals surface area contributed by atoms with E-state index in [1.807, 2.05) is 20.8 Å². The number of nitrogens with zero attached hydrogens (tertiary/aromatic N) is 1. The average Bonchev–Trinajstić information content (AvgIpc) is 2.12. The van der Waals surface area contributed by atoms with Gasteiger partial charge in [0.2, 0.25) is 6.41 Å². The zero-order valence-corrected chi connectivity index (χ0v) is 9.09. The van der Waals surface area contributed by atoms with Gasteiger partial charge in [0, 0.05) is 6.04 Å². The first kappa shape index (κ1) is 12.7. The average molecular weight is 208 g/mol. The second kappa shape index (κ2) is 5.43. The fourth-order valence-electron chi connectivity index (χ4n) is 0.829. The summed E-state index contributed by atoms with van der Waals surface area (Å²) >= 11 is 0.156. The zero-order valence-electron chi connectivity index (χ0n) is 8.27. The molecule has 0 aliphatic rings. The van der Waals surface area contributed by atoms with Gasteiger partial charge in [0.1, 0.15) is 0 Å². The van der Waals surface area contributed by atoms with E-state index in [-0.39, 0.29) is 18.4 Å². The molecule has 0 aromatic heterocycles. The molecule has 1 unspecified atom stereocenters. The van der Waals surface area contributed by atoms with Gasteiger partial charge in [-0.15, -0.1) is 0 Å². The Labute approximate surface area is 82.8 Å². The highest BCUT2D eigenvalue weighted by atomic mass is 32.2. The molecule has 2 N–H and O–H groups in total. The van der Waals surface area contributed by atoms with Crippen molar-refractivity contribution in [3.05, 3.63) is 0 Å². The van der Waals surface area contributed by atoms with E-state index >= 15 is 0 Å². The van der Waals surface area contributed by atoms with Gasteiger partial charge in [-0.25, -0.2) is 5.06 Å². The van der Waals surface area contributed by atoms with Gasteiger partial charge in [-0.2, -0.15) is 4.28 Å². The van der Waals surface area contributed by atoms with Crippen LogP contribution in [0.4, 0.5) is 0 Å². The molecule has 6 heteroatoms. The highest BCUT2D eigenvalue weighted by Crippen LogP contribution is 2.19. The van der Waals surface area contributed by atoms with Crippen LogP contribution in [-0.2, 0) is 9.08 Å². The molecule has 1 atom stereocenters. The molecule has 0 aromatic rings. The van der Waals surface area contributed by atoms with Gasteiger partial charge in [0.15, 0.2) is 12.3 Å². The van der Waals surface area contributed by atoms with Gasteiger partial charge >= 0.3 is 0 Å². The van der Waals surface area contributed by atoms with Gasteiger partial charge in [0.05, 0.1) is 5.54 Å². The molecule has 78 valence electrons. The highest BCUT2D eigenvalue weighted by Gasteiger charge is 2.32. The maximum atomic E-state index is 10.6. The van der Waals surface area contributed by atoms with Crippen molar-refractivity contribution in [1.82, 2.24) is 10.4 Å². The number of rotatable bonds is 6. The molecule has 0 saturated heterocycles. The number of likely N-dealkylation sites (N-methyl/N-ethyl adjacent to an activating group) is 1. The number of hydrogen-bond acceptors (Lipinski definition) is 5. The molecule has 0 saturated carbocycles. The highest BCUT2D eigenvalue weighted by molar-refractivity contribution is 7.88. The quantitative estimate of drug-likeness (QED) is 0.385. The van der Waals surface area contributed by atoms with Crippen molar-refractivity contribution in [2.45, 2.75) is 32.4 Å². The monoisotopic (exact) mass is 208 g/mol. The summed E-state index contributed by atoms with van der Waals surface area (Å²) < 4.78 is 13.1. The summed E-state index contributed by atoms with van der Waals surface area (Å²) in [4.78, 5) is 10.6. The molecule has 0 spiro atoms. The first-order valence-corrected chi connectivity index (χ1v) is 4.60. The summed E-state index contributed by atoms with van der Waals surface area (Å²) in [5.74, 6) is 0. The van der Waals surface area contributed by atoms with Crippen molar-refractivity contribution >= 4 is 18.7 Å². The zero-order chi connectivity index (χ0) is 10.5. The van der Waals surface area contributed by atoms with Crippen LogP contribution in [0.5, 0.6) is 0 Å². The second-order valence-corrected chi connectivity index (χ2v) is 3.54. The van der Waals surface area contributed by atoms with E-state index < -0.39 is 5.54 Å². The molecule has 5 nitrogen and oxygen atoms in total. The van der Waals surface area contributed by atoms with Crippen molar-refractivity contribution in [3.63, 3.8) is 0 Å². The predicted molar refractivity (Wildman–Crippen MR) is 51.8 cm³/mol. The maximum absolute atomic E-state index is 10.6. The fourth-order valence-corrected chi connectivity index (χ4v) is 1.13. The number of carbonyl (C=O) groups excluding carboxylic acids is 1. The first-order chi connectivity index (χ1) is 6.00. The Bertz CT molecular complexity index is 166. The van der Waals surface area contributed by atoms with Crippen molar-refractivity contribution in [2.24, 2.45) is 0 Å². The molecule has 13 heavy (non-hydrogen) atoms. The van der Waals surface area contributed by atoms with E-state index in [1.165, 1.54) is 0 Å². The Balaban J connectivity index is 4.45. The Morgan fingerprint density at radius 2 is 2.23 bits per heavy atom. The largest absolute Gasteiger partial charge is 0.315 e. The summed E-state index contributed by atoms with van der Waals surface area (Å²) in [6.45, 7) is 5.58. The molecule has 0 bridgehead atoms. The predicted octanol–water partition coefficient (Wildman–Crippen LogP) is 0.884. The molecule has 0 fully saturated rings. The van der Waals surface area contributed by atoms with Crippen LogP contribution in [0.3, 0.4) is 0 Å². The summed E-state index contributed by atoms with van der Waals surface area (Å²) in [6, 6.07) is 0.0462. The third kappa shape index (κ3) is 3.15. The number of amides is 1. The molecular formula is C7H16N2O3S. The van der Waals surface area contributed by atoms with Crippen LogP contribution in [0.2, 0.25) is 0 Å². The van der Waals surface area contributed by atoms with Gasteiger partial charge in [-0.1, -0.05) is 0 Å². The van der Waals surface area contributed by atoms with Gasteiger partial charge in [-0.05, 0) is 27.8 Å². The van der Waals surface area contributed by atoms with Gasteiger partial charge < -0.3 is 9.87 Å². The number of nitrogens with one attached hydrogen (secondary N) is 1. The Kier molecular flexibility index (Phi) is 5.31. The third-order valence-electron chi connectivity index (χ3n) is 2.27. The Morgan fingerprint density at radius 3 is 2.54 bits per heavy atom. The maximum Gasteiger partial charge on any atom is 0.234 e. The van der Waals surface area contributed by atoms with E-state index in [4.69, 9.17) is 4.55 Å². The van der Waals surface area contributed by atoms with Crippen LogP contribution < -0.4 is 5.32 Å². The van der Waals surface area contributed by atoms with E-state index in [2.05, 4.69) is 9.60 Å². The lowest BCUT2D eigenvalue weighted by atomic mass is 9.96. The van der Waals surface area contributed by atoms with Crippen LogP contribution in [0.25, 0.3) is 0 Å². The van der Waals surface area contributed by atoms with Gasteiger partial charge in [0.25, 0.3) is 0 Å². The Hall–Kier alpha value is -0.300. The SMILES string of the molecule is CNC(C)C(C)(C)N(C=O)OSO. The van der Waals surface area contributed by atoms with E-state index in [1.54, 1.807) is 7.05 Å². The number of hydrogen-bond donors (Lipinski definition) is 2. The molecule has 0 heterocycles. The third-order valence-corrected chi connectivity index (χ3v) is 2.50. The molecule has 0 radical (unpaired) electrons. The van der Waals surface area contributed by atoms with Crippen LogP contribution in [0.1, 0.15) is 20.8 Å². The smallest absolute Gasteiger partial charge is 0.234 e. The molecular weight excluding hydrogens is 192 g/mol. The minimum atomic E-state index is -0.522. The van der Waals surface area contributed by atoms with Crippen molar-refractivity contribution in [1.29, 1.82) is 0 Å². The van der Waals surface area contributed by atoms with Crippen LogP contribution in [0, 0.1) is 0 Å². The number of hydroxylamine groups is 2. The lowest BCUT2D eigenvalue weighted by Gasteiger charge is -2.37. The summed E-state index contributed by atoms with van der Waals surface area (Å²) in [5.41, 5.74) is -0.522. The molecule has 1 amide bonds. The molecule has 0 aliphatic carbocycles. The minimum Gasteiger partial charge on any atom is -0.315 e. The fraction of sp³-hybridized carbons (Fsp3) is 0.857. The molecule has 0 aromatic carbocycles. The van der Waals surface area contributed by atoms with Gasteiger partial charge in [-0.3, -0.25) is 4.79 Å². The molecule has 0 rings (SSSR count). The Morgan fingerprint density at radius 1 is 1.69 bits per heavy atom. The normalized spacial score (nSPS) is 13.9. The summed E-state index contributed by atoms with van der Waals surface area (Å²) in [6.07, 6.45) is 0.539. The lowest BCUT2D eigenvalue weighted by Crippen LogP contribution is -2.54. The molecule has 0 aliphatic heterocycles. The second-order valence-electron chi connectivity index (χ2n) is 3.24. The lowest BCUT2D eigenvalue weighted by molar-refractivity contribution is -0.161. The summed E-state index contributed by atoms with van der Waals surface area (Å²) in [5, 5.41) is 4.08. The van der Waals surface area contributed by atoms with Crippen molar-refractivity contribution in [3.8, 4) is 0 Å². The standard InChI is InChI=1S/C7H16N2O3S/c1-6(8-4)7(2,3)9(5-10)12-13-11/h5-6,8,11H,1-4H3. The van der Waals surface area contributed by atoms with Crippen LogP contribution in [0.15, 0.2) is 0 Å². The van der Waals surface area contributed by atoms with E-state index in [9.17, 15) is 4.79 Å².